The van der Waals surface area contributed by atoms with E-state index in [9.17, 15) is 0 Å². The Kier molecular flexibility index (Phi) is 6.76. The average Bonchev–Trinajstić information content (AvgIpc) is 2.59. The highest BCUT2D eigenvalue weighted by Crippen LogP contribution is 2.30. The van der Waals surface area contributed by atoms with Crippen LogP contribution in [0.15, 0.2) is 18.2 Å². The summed E-state index contributed by atoms with van der Waals surface area (Å²) in [6.07, 6.45) is 1.90. The van der Waals surface area contributed by atoms with Gasteiger partial charge in [0, 0.05) is 19.3 Å². The number of rotatable bonds is 8. The van der Waals surface area contributed by atoms with E-state index in [1.165, 1.54) is 0 Å². The van der Waals surface area contributed by atoms with Gasteiger partial charge < -0.3 is 14.2 Å². The summed E-state index contributed by atoms with van der Waals surface area (Å²) in [4.78, 5) is 9.12. The number of hydrogen-bond acceptors (Lipinski definition) is 5. The fourth-order valence-electron chi connectivity index (χ4n) is 2.75. The largest absolute Gasteiger partial charge is 0.497 e. The molecule has 25 heavy (non-hydrogen) atoms. The lowest BCUT2D eigenvalue weighted by atomic mass is 9.99. The SMILES string of the molecule is CCC(COC)Cc1nc(C)nc(Oc2ccc(OC)cc2C)c1C. The lowest BCUT2D eigenvalue weighted by Crippen LogP contribution is -2.13. The summed E-state index contributed by atoms with van der Waals surface area (Å²) >= 11 is 0. The van der Waals surface area contributed by atoms with E-state index >= 15 is 0 Å². The minimum atomic E-state index is 0.438. The van der Waals surface area contributed by atoms with Gasteiger partial charge >= 0.3 is 0 Å². The zero-order valence-electron chi connectivity index (χ0n) is 16.0. The van der Waals surface area contributed by atoms with Crippen LogP contribution in [-0.2, 0) is 11.2 Å². The molecule has 1 unspecified atom stereocenters. The highest BCUT2D eigenvalue weighted by atomic mass is 16.5. The number of aromatic nitrogens is 2. The topological polar surface area (TPSA) is 53.5 Å². The summed E-state index contributed by atoms with van der Waals surface area (Å²) in [5.41, 5.74) is 3.01. The predicted molar refractivity (Wildman–Crippen MR) is 98.7 cm³/mol. The first-order chi connectivity index (χ1) is 12.0. The second-order valence-electron chi connectivity index (χ2n) is 6.31. The third kappa shape index (κ3) is 4.92. The van der Waals surface area contributed by atoms with Gasteiger partial charge in [0.25, 0.3) is 0 Å². The number of aryl methyl sites for hydroxylation is 2. The number of nitrogens with zero attached hydrogens (tertiary/aromatic N) is 2. The molecule has 0 saturated heterocycles. The van der Waals surface area contributed by atoms with E-state index in [0.29, 0.717) is 17.6 Å². The zero-order chi connectivity index (χ0) is 18.4. The monoisotopic (exact) mass is 344 g/mol. The van der Waals surface area contributed by atoms with Crippen molar-refractivity contribution in [3.63, 3.8) is 0 Å². The molecule has 5 heteroatoms. The molecule has 0 bridgehead atoms. The van der Waals surface area contributed by atoms with Crippen molar-refractivity contribution in [1.82, 2.24) is 9.97 Å². The maximum atomic E-state index is 6.10. The molecule has 1 aromatic carbocycles. The van der Waals surface area contributed by atoms with Gasteiger partial charge in [0.1, 0.15) is 17.3 Å². The first kappa shape index (κ1) is 19.2. The molecular weight excluding hydrogens is 316 g/mol. The molecule has 0 amide bonds. The molecule has 2 aromatic rings. The van der Waals surface area contributed by atoms with Crippen LogP contribution in [0.4, 0.5) is 0 Å². The van der Waals surface area contributed by atoms with E-state index in [1.807, 2.05) is 39.0 Å². The van der Waals surface area contributed by atoms with Crippen molar-refractivity contribution in [3.8, 4) is 17.4 Å². The minimum Gasteiger partial charge on any atom is -0.497 e. The summed E-state index contributed by atoms with van der Waals surface area (Å²) in [7, 11) is 3.39. The molecule has 136 valence electrons. The average molecular weight is 344 g/mol. The standard InChI is InChI=1S/C20H28N2O3/c1-7-16(12-23-5)11-18-14(3)20(22-15(4)21-18)25-19-9-8-17(24-6)10-13(19)2/h8-10,16H,7,11-12H2,1-6H3. The van der Waals surface area contributed by atoms with Crippen LogP contribution in [-0.4, -0.2) is 30.8 Å². The van der Waals surface area contributed by atoms with Gasteiger partial charge in [-0.05, 0) is 56.9 Å². The van der Waals surface area contributed by atoms with Gasteiger partial charge in [-0.25, -0.2) is 4.98 Å². The van der Waals surface area contributed by atoms with Crippen LogP contribution < -0.4 is 9.47 Å². The molecule has 2 rings (SSSR count). The highest BCUT2D eigenvalue weighted by Gasteiger charge is 2.16. The molecule has 0 radical (unpaired) electrons. The molecule has 0 aliphatic heterocycles. The molecule has 0 N–H and O–H groups in total. The summed E-state index contributed by atoms with van der Waals surface area (Å²) in [6.45, 7) is 8.81. The highest BCUT2D eigenvalue weighted by molar-refractivity contribution is 5.42. The molecule has 1 heterocycles. The maximum Gasteiger partial charge on any atom is 0.225 e. The van der Waals surface area contributed by atoms with Gasteiger partial charge in [0.15, 0.2) is 0 Å². The molecule has 5 nitrogen and oxygen atoms in total. The van der Waals surface area contributed by atoms with Crippen molar-refractivity contribution in [2.75, 3.05) is 20.8 Å². The summed E-state index contributed by atoms with van der Waals surface area (Å²) in [6, 6.07) is 5.74. The third-order valence-corrected chi connectivity index (χ3v) is 4.36. The Morgan fingerprint density at radius 2 is 1.84 bits per heavy atom. The Labute approximate surface area is 150 Å². The number of hydrogen-bond donors (Lipinski definition) is 0. The van der Waals surface area contributed by atoms with Crippen LogP contribution in [0.5, 0.6) is 17.4 Å². The number of benzene rings is 1. The molecule has 0 aliphatic rings. The van der Waals surface area contributed by atoms with Gasteiger partial charge in [-0.3, -0.25) is 0 Å². The fourth-order valence-corrected chi connectivity index (χ4v) is 2.75. The quantitative estimate of drug-likeness (QED) is 0.709. The Hall–Kier alpha value is -2.14. The first-order valence-corrected chi connectivity index (χ1v) is 8.64. The predicted octanol–water partition coefficient (Wildman–Crippen LogP) is 4.42. The Bertz CT molecular complexity index is 716. The maximum absolute atomic E-state index is 6.10. The van der Waals surface area contributed by atoms with Crippen molar-refractivity contribution < 1.29 is 14.2 Å². The van der Waals surface area contributed by atoms with Crippen LogP contribution in [0.2, 0.25) is 0 Å². The smallest absolute Gasteiger partial charge is 0.225 e. The molecule has 0 aliphatic carbocycles. The first-order valence-electron chi connectivity index (χ1n) is 8.64. The number of ether oxygens (including phenoxy) is 3. The van der Waals surface area contributed by atoms with Crippen LogP contribution in [0.3, 0.4) is 0 Å². The van der Waals surface area contributed by atoms with Gasteiger partial charge in [0.05, 0.1) is 12.8 Å². The Morgan fingerprint density at radius 3 is 2.44 bits per heavy atom. The Morgan fingerprint density at radius 1 is 1.08 bits per heavy atom. The van der Waals surface area contributed by atoms with Crippen LogP contribution in [0, 0.1) is 26.7 Å². The lowest BCUT2D eigenvalue weighted by molar-refractivity contribution is 0.149. The number of methoxy groups -OCH3 is 2. The third-order valence-electron chi connectivity index (χ3n) is 4.36. The molecular formula is C20H28N2O3. The molecule has 0 fully saturated rings. The van der Waals surface area contributed by atoms with Gasteiger partial charge in [-0.1, -0.05) is 13.3 Å². The summed E-state index contributed by atoms with van der Waals surface area (Å²) < 4.78 is 16.7. The van der Waals surface area contributed by atoms with Crippen molar-refractivity contribution in [2.45, 2.75) is 40.5 Å². The fraction of sp³-hybridized carbons (Fsp3) is 0.500. The van der Waals surface area contributed by atoms with E-state index < -0.39 is 0 Å². The van der Waals surface area contributed by atoms with Gasteiger partial charge in [-0.15, -0.1) is 0 Å². The van der Waals surface area contributed by atoms with Crippen molar-refractivity contribution in [1.29, 1.82) is 0 Å². The van der Waals surface area contributed by atoms with Crippen molar-refractivity contribution in [3.05, 3.63) is 40.8 Å². The van der Waals surface area contributed by atoms with E-state index in [2.05, 4.69) is 16.9 Å². The summed E-state index contributed by atoms with van der Waals surface area (Å²) in [5.74, 6) is 3.36. The van der Waals surface area contributed by atoms with Gasteiger partial charge in [0.2, 0.25) is 5.88 Å². The van der Waals surface area contributed by atoms with Crippen molar-refractivity contribution in [2.24, 2.45) is 5.92 Å². The second kappa shape index (κ2) is 8.81. The molecule has 0 spiro atoms. The summed E-state index contributed by atoms with van der Waals surface area (Å²) in [5, 5.41) is 0. The molecule has 0 saturated carbocycles. The van der Waals surface area contributed by atoms with Crippen LogP contribution >= 0.6 is 0 Å². The van der Waals surface area contributed by atoms with Crippen LogP contribution in [0.1, 0.15) is 36.0 Å². The van der Waals surface area contributed by atoms with E-state index in [1.54, 1.807) is 14.2 Å². The normalized spacial score (nSPS) is 12.1. The molecule has 1 atom stereocenters. The minimum absolute atomic E-state index is 0.438. The lowest BCUT2D eigenvalue weighted by Gasteiger charge is -2.17. The van der Waals surface area contributed by atoms with Crippen LogP contribution in [0.25, 0.3) is 0 Å². The van der Waals surface area contributed by atoms with Gasteiger partial charge in [-0.2, -0.15) is 4.98 Å². The van der Waals surface area contributed by atoms with E-state index in [4.69, 9.17) is 14.2 Å². The zero-order valence-corrected chi connectivity index (χ0v) is 16.0. The van der Waals surface area contributed by atoms with E-state index in [-0.39, 0.29) is 0 Å². The second-order valence-corrected chi connectivity index (χ2v) is 6.31. The van der Waals surface area contributed by atoms with Crippen molar-refractivity contribution >= 4 is 0 Å². The Balaban J connectivity index is 2.29. The molecule has 1 aromatic heterocycles. The van der Waals surface area contributed by atoms with E-state index in [0.717, 1.165) is 47.8 Å².